The van der Waals surface area contributed by atoms with Gasteiger partial charge in [-0.25, -0.2) is 8.42 Å². The summed E-state index contributed by atoms with van der Waals surface area (Å²) in [7, 11) is -3.94. The Hall–Kier alpha value is -3.09. The molecule has 158 valence electrons. The maximum atomic E-state index is 13.4. The summed E-state index contributed by atoms with van der Waals surface area (Å²) in [5, 5.41) is 3.48. The maximum absolute atomic E-state index is 13.4. The van der Waals surface area contributed by atoms with Gasteiger partial charge in [0.15, 0.2) is 0 Å². The van der Waals surface area contributed by atoms with Crippen LogP contribution in [0.5, 0.6) is 0 Å². The molecule has 0 aliphatic heterocycles. The van der Waals surface area contributed by atoms with Gasteiger partial charge in [-0.05, 0) is 55.8 Å². The summed E-state index contributed by atoms with van der Waals surface area (Å²) < 4.78 is 32.7. The van der Waals surface area contributed by atoms with Gasteiger partial charge >= 0.3 is 0 Å². The lowest BCUT2D eigenvalue weighted by Crippen LogP contribution is -2.10. The second-order valence-corrected chi connectivity index (χ2v) is 9.56. The number of hydrogen-bond acceptors (Lipinski definition) is 5. The van der Waals surface area contributed by atoms with Gasteiger partial charge in [-0.1, -0.05) is 59.6 Å². The summed E-state index contributed by atoms with van der Waals surface area (Å²) in [4.78, 5) is 4.48. The number of halogens is 1. The van der Waals surface area contributed by atoms with Crippen LogP contribution in [-0.2, 0) is 9.84 Å². The van der Waals surface area contributed by atoms with Gasteiger partial charge in [0.05, 0.1) is 10.9 Å². The Morgan fingerprint density at radius 2 is 1.68 bits per heavy atom. The monoisotopic (exact) mass is 452 g/mol. The van der Waals surface area contributed by atoms with Crippen molar-refractivity contribution in [2.45, 2.75) is 29.8 Å². The number of sulfone groups is 1. The van der Waals surface area contributed by atoms with Crippen molar-refractivity contribution in [2.75, 3.05) is 5.32 Å². The van der Waals surface area contributed by atoms with Crippen molar-refractivity contribution in [3.05, 3.63) is 95.0 Å². The molecule has 1 heterocycles. The molecular formula is C24H21ClN2O3S. The van der Waals surface area contributed by atoms with E-state index < -0.39 is 9.84 Å². The number of hydrogen-bond donors (Lipinski definition) is 1. The molecule has 4 aromatic rings. The van der Waals surface area contributed by atoms with Gasteiger partial charge in [0.2, 0.25) is 26.6 Å². The van der Waals surface area contributed by atoms with Gasteiger partial charge in [0.1, 0.15) is 0 Å². The summed E-state index contributed by atoms with van der Waals surface area (Å²) >= 11 is 5.93. The second kappa shape index (κ2) is 8.57. The van der Waals surface area contributed by atoms with Crippen molar-refractivity contribution in [1.29, 1.82) is 0 Å². The largest absolute Gasteiger partial charge is 0.419 e. The molecule has 5 nitrogen and oxygen atoms in total. The third-order valence-corrected chi connectivity index (χ3v) is 6.82. The van der Waals surface area contributed by atoms with Gasteiger partial charge in [0.25, 0.3) is 0 Å². The number of aromatic nitrogens is 1. The highest BCUT2D eigenvalue weighted by molar-refractivity contribution is 7.91. The molecule has 1 atom stereocenters. The molecule has 1 unspecified atom stereocenters. The van der Waals surface area contributed by atoms with Crippen LogP contribution in [0.4, 0.5) is 5.88 Å². The summed E-state index contributed by atoms with van der Waals surface area (Å²) in [6.07, 6.45) is 0. The lowest BCUT2D eigenvalue weighted by atomic mass is 10.1. The van der Waals surface area contributed by atoms with E-state index in [0.29, 0.717) is 10.6 Å². The summed E-state index contributed by atoms with van der Waals surface area (Å²) in [6, 6.07) is 23.1. The van der Waals surface area contributed by atoms with E-state index >= 15 is 0 Å². The van der Waals surface area contributed by atoms with Crippen LogP contribution in [0.25, 0.3) is 11.5 Å². The first-order chi connectivity index (χ1) is 14.8. The third kappa shape index (κ3) is 4.50. The minimum atomic E-state index is -3.94. The van der Waals surface area contributed by atoms with Gasteiger partial charge in [-0.2, -0.15) is 4.98 Å². The molecule has 0 spiro atoms. The van der Waals surface area contributed by atoms with Crippen molar-refractivity contribution in [2.24, 2.45) is 0 Å². The molecule has 0 saturated carbocycles. The Bertz CT molecular complexity index is 1300. The van der Waals surface area contributed by atoms with E-state index in [1.165, 1.54) is 24.3 Å². The smallest absolute Gasteiger partial charge is 0.234 e. The Kier molecular flexibility index (Phi) is 5.85. The topological polar surface area (TPSA) is 72.2 Å². The molecule has 0 radical (unpaired) electrons. The van der Waals surface area contributed by atoms with Crippen LogP contribution in [0.3, 0.4) is 0 Å². The number of nitrogens with zero attached hydrogens (tertiary/aromatic N) is 1. The van der Waals surface area contributed by atoms with Crippen molar-refractivity contribution in [3.8, 4) is 11.5 Å². The minimum Gasteiger partial charge on any atom is -0.419 e. The number of oxazole rings is 1. The Balaban J connectivity index is 1.81. The maximum Gasteiger partial charge on any atom is 0.234 e. The van der Waals surface area contributed by atoms with Gasteiger partial charge in [0, 0.05) is 10.6 Å². The molecule has 0 amide bonds. The molecule has 0 aliphatic rings. The third-order valence-electron chi connectivity index (χ3n) is 4.89. The Labute approximate surface area is 186 Å². The molecule has 31 heavy (non-hydrogen) atoms. The van der Waals surface area contributed by atoms with E-state index in [-0.39, 0.29) is 27.7 Å². The molecule has 0 saturated heterocycles. The molecule has 0 fully saturated rings. The fourth-order valence-electron chi connectivity index (χ4n) is 3.23. The molecular weight excluding hydrogens is 432 g/mol. The van der Waals surface area contributed by atoms with Crippen LogP contribution in [-0.4, -0.2) is 13.4 Å². The number of benzene rings is 3. The van der Waals surface area contributed by atoms with E-state index in [0.717, 1.165) is 11.1 Å². The number of rotatable bonds is 6. The van der Waals surface area contributed by atoms with Crippen LogP contribution in [0.15, 0.2) is 93.2 Å². The van der Waals surface area contributed by atoms with Gasteiger partial charge in [-0.15, -0.1) is 0 Å². The zero-order valence-electron chi connectivity index (χ0n) is 17.0. The van der Waals surface area contributed by atoms with Crippen molar-refractivity contribution >= 4 is 27.3 Å². The highest BCUT2D eigenvalue weighted by Crippen LogP contribution is 2.34. The highest BCUT2D eigenvalue weighted by atomic mass is 35.5. The molecule has 4 rings (SSSR count). The first-order valence-corrected chi connectivity index (χ1v) is 11.6. The SMILES string of the molecule is Cc1cccc(-c2nc(S(=O)(=O)c3ccc(Cl)cc3)c(NC(C)c3ccccc3)o2)c1. The molecule has 3 aromatic carbocycles. The Morgan fingerprint density at radius 1 is 0.968 bits per heavy atom. The second-order valence-electron chi connectivity index (χ2n) is 7.26. The van der Waals surface area contributed by atoms with Gasteiger partial charge < -0.3 is 9.73 Å². The van der Waals surface area contributed by atoms with E-state index in [4.69, 9.17) is 16.0 Å². The Morgan fingerprint density at radius 3 is 2.35 bits per heavy atom. The van der Waals surface area contributed by atoms with Crippen molar-refractivity contribution in [3.63, 3.8) is 0 Å². The van der Waals surface area contributed by atoms with Crippen LogP contribution in [0, 0.1) is 6.92 Å². The predicted octanol–water partition coefficient (Wildman–Crippen LogP) is 6.31. The standard InChI is InChI=1S/C24H21ClN2O3S/c1-16-7-6-10-19(15-16)22-27-24(31(28,29)21-13-11-20(25)12-14-21)23(30-22)26-17(2)18-8-4-3-5-9-18/h3-15,17,26H,1-2H3. The van der Waals surface area contributed by atoms with Crippen molar-refractivity contribution < 1.29 is 12.8 Å². The highest BCUT2D eigenvalue weighted by Gasteiger charge is 2.29. The lowest BCUT2D eigenvalue weighted by molar-refractivity contribution is 0.570. The van der Waals surface area contributed by atoms with E-state index in [2.05, 4.69) is 10.3 Å². The lowest BCUT2D eigenvalue weighted by Gasteiger charge is -2.14. The molecule has 0 bridgehead atoms. The van der Waals surface area contributed by atoms with Crippen LogP contribution >= 0.6 is 11.6 Å². The summed E-state index contributed by atoms with van der Waals surface area (Å²) in [6.45, 7) is 3.89. The fraction of sp³-hybridized carbons (Fsp3) is 0.125. The van der Waals surface area contributed by atoms with Crippen LogP contribution in [0.2, 0.25) is 5.02 Å². The van der Waals surface area contributed by atoms with Crippen LogP contribution < -0.4 is 5.32 Å². The van der Waals surface area contributed by atoms with Gasteiger partial charge in [-0.3, -0.25) is 0 Å². The van der Waals surface area contributed by atoms with Crippen molar-refractivity contribution in [1.82, 2.24) is 4.98 Å². The molecule has 1 aromatic heterocycles. The molecule has 1 N–H and O–H groups in total. The van der Waals surface area contributed by atoms with E-state index in [9.17, 15) is 8.42 Å². The summed E-state index contributed by atoms with van der Waals surface area (Å²) in [5.74, 6) is 0.335. The quantitative estimate of drug-likeness (QED) is 0.371. The summed E-state index contributed by atoms with van der Waals surface area (Å²) in [5.41, 5.74) is 2.71. The predicted molar refractivity (Wildman–Crippen MR) is 122 cm³/mol. The normalized spacial score (nSPS) is 12.5. The average Bonchev–Trinajstić information content (AvgIpc) is 3.19. The average molecular weight is 453 g/mol. The van der Waals surface area contributed by atoms with Crippen LogP contribution in [0.1, 0.15) is 24.1 Å². The first-order valence-electron chi connectivity index (χ1n) is 9.74. The number of anilines is 1. The van der Waals surface area contributed by atoms with E-state index in [1.807, 2.05) is 68.4 Å². The number of nitrogens with one attached hydrogen (secondary N) is 1. The minimum absolute atomic E-state index is 0.0939. The fourth-order valence-corrected chi connectivity index (χ4v) is 4.62. The first kappa shape index (κ1) is 21.2. The zero-order valence-corrected chi connectivity index (χ0v) is 18.6. The zero-order chi connectivity index (χ0) is 22.0. The molecule has 0 aliphatic carbocycles. The molecule has 7 heteroatoms. The van der Waals surface area contributed by atoms with E-state index in [1.54, 1.807) is 0 Å². The number of aryl methyl sites for hydroxylation is 1.